The first kappa shape index (κ1) is 17.7. The van der Waals surface area contributed by atoms with Crippen LogP contribution >= 0.6 is 0 Å². The van der Waals surface area contributed by atoms with Crippen molar-refractivity contribution in [2.75, 3.05) is 18.1 Å². The van der Waals surface area contributed by atoms with Gasteiger partial charge in [0.05, 0.1) is 23.4 Å². The monoisotopic (exact) mass is 353 g/mol. The summed E-state index contributed by atoms with van der Waals surface area (Å²) in [6, 6.07) is 13.1. The van der Waals surface area contributed by atoms with Crippen molar-refractivity contribution in [1.82, 2.24) is 0 Å². The van der Waals surface area contributed by atoms with Crippen LogP contribution in [0.25, 0.3) is 0 Å². The minimum absolute atomic E-state index is 0.195. The second-order valence-electron chi connectivity index (χ2n) is 6.35. The minimum Gasteiger partial charge on any atom is -0.482 e. The van der Waals surface area contributed by atoms with Gasteiger partial charge in [-0.15, -0.1) is 0 Å². The van der Waals surface area contributed by atoms with Crippen LogP contribution in [0, 0.1) is 5.92 Å². The molecule has 0 atom stereocenters. The molecule has 2 amide bonds. The highest BCUT2D eigenvalue weighted by Gasteiger charge is 2.36. The summed E-state index contributed by atoms with van der Waals surface area (Å²) in [5.41, 5.74) is 1.24. The third-order valence-corrected chi connectivity index (χ3v) is 3.82. The van der Waals surface area contributed by atoms with Gasteiger partial charge in [0.25, 0.3) is 11.8 Å². The number of hydrogen-bond acceptors (Lipinski definition) is 5. The zero-order valence-corrected chi connectivity index (χ0v) is 14.6. The lowest BCUT2D eigenvalue weighted by Gasteiger charge is -2.14. The molecule has 134 valence electrons. The van der Waals surface area contributed by atoms with Crippen LogP contribution in [0.15, 0.2) is 48.5 Å². The summed E-state index contributed by atoms with van der Waals surface area (Å²) < 4.78 is 10.4. The third kappa shape index (κ3) is 3.59. The minimum atomic E-state index is -0.442. The van der Waals surface area contributed by atoms with Gasteiger partial charge in [-0.1, -0.05) is 26.0 Å². The molecule has 0 aromatic heterocycles. The number of rotatable bonds is 6. The van der Waals surface area contributed by atoms with E-state index in [0.29, 0.717) is 29.2 Å². The van der Waals surface area contributed by atoms with Gasteiger partial charge in [-0.25, -0.2) is 9.69 Å². The number of anilines is 1. The second kappa shape index (κ2) is 7.39. The molecule has 1 aliphatic rings. The maximum atomic E-state index is 12.4. The Morgan fingerprint density at radius 1 is 0.962 bits per heavy atom. The number of carbonyl (C=O) groups excluding carboxylic acids is 3. The van der Waals surface area contributed by atoms with E-state index in [4.69, 9.17) is 9.47 Å². The first-order chi connectivity index (χ1) is 12.5. The molecule has 6 nitrogen and oxygen atoms in total. The molecule has 1 heterocycles. The van der Waals surface area contributed by atoms with Gasteiger partial charge in [-0.2, -0.15) is 0 Å². The molecule has 0 N–H and O–H groups in total. The Bertz CT molecular complexity index is 807. The molecule has 1 aliphatic heterocycles. The quantitative estimate of drug-likeness (QED) is 0.589. The smallest absolute Gasteiger partial charge is 0.344 e. The van der Waals surface area contributed by atoms with Crippen LogP contribution in [0.1, 0.15) is 34.6 Å². The van der Waals surface area contributed by atoms with Crippen molar-refractivity contribution in [2.45, 2.75) is 13.8 Å². The summed E-state index contributed by atoms with van der Waals surface area (Å²) in [6.07, 6.45) is 0. The maximum Gasteiger partial charge on any atom is 0.344 e. The highest BCUT2D eigenvalue weighted by molar-refractivity contribution is 6.34. The zero-order valence-electron chi connectivity index (χ0n) is 14.6. The summed E-state index contributed by atoms with van der Waals surface area (Å²) in [7, 11) is 0. The number of nitrogens with zero attached hydrogens (tertiary/aromatic N) is 1. The van der Waals surface area contributed by atoms with Crippen LogP contribution < -0.4 is 9.64 Å². The number of imide groups is 1. The van der Waals surface area contributed by atoms with Crippen LogP contribution in [0.4, 0.5) is 5.69 Å². The van der Waals surface area contributed by atoms with Crippen molar-refractivity contribution in [2.24, 2.45) is 5.92 Å². The van der Waals surface area contributed by atoms with Crippen molar-refractivity contribution < 1.29 is 23.9 Å². The molecule has 0 spiro atoms. The van der Waals surface area contributed by atoms with E-state index < -0.39 is 5.97 Å². The fraction of sp³-hybridized carbons (Fsp3) is 0.250. The molecule has 0 fully saturated rings. The Kier molecular flexibility index (Phi) is 5.02. The van der Waals surface area contributed by atoms with Crippen LogP contribution in [0.3, 0.4) is 0 Å². The maximum absolute atomic E-state index is 12.4. The summed E-state index contributed by atoms with van der Waals surface area (Å²) in [5, 5.41) is 0. The number of amides is 2. The number of carbonyl (C=O) groups is 3. The van der Waals surface area contributed by atoms with Gasteiger partial charge in [0.1, 0.15) is 5.75 Å². The number of benzene rings is 2. The fourth-order valence-electron chi connectivity index (χ4n) is 2.56. The Hall–Kier alpha value is -3.15. The summed E-state index contributed by atoms with van der Waals surface area (Å²) >= 11 is 0. The van der Waals surface area contributed by atoms with Gasteiger partial charge < -0.3 is 9.47 Å². The third-order valence-electron chi connectivity index (χ3n) is 3.82. The first-order valence-electron chi connectivity index (χ1n) is 8.33. The van der Waals surface area contributed by atoms with Gasteiger partial charge in [-0.3, -0.25) is 9.59 Å². The standard InChI is InChI=1S/C20H19NO5/c1-13(2)11-26-18(22)12-25-15-9-7-14(8-10-15)21-19(23)16-5-3-4-6-17(16)20(21)24/h3-10,13H,11-12H2,1-2H3. The number of ether oxygens (including phenoxy) is 2. The van der Waals surface area contributed by atoms with Crippen molar-refractivity contribution in [3.63, 3.8) is 0 Å². The van der Waals surface area contributed by atoms with E-state index in [9.17, 15) is 14.4 Å². The molecule has 0 bridgehead atoms. The topological polar surface area (TPSA) is 72.9 Å². The Morgan fingerprint density at radius 3 is 2.08 bits per heavy atom. The molecule has 0 saturated carbocycles. The molecular weight excluding hydrogens is 334 g/mol. The lowest BCUT2D eigenvalue weighted by atomic mass is 10.1. The Labute approximate surface area is 151 Å². The molecule has 2 aromatic rings. The molecule has 26 heavy (non-hydrogen) atoms. The van der Waals surface area contributed by atoms with Crippen LogP contribution in [0.5, 0.6) is 5.75 Å². The predicted octanol–water partition coefficient (Wildman–Crippen LogP) is 3.07. The molecular formula is C20H19NO5. The molecule has 0 radical (unpaired) electrons. The van der Waals surface area contributed by atoms with Crippen LogP contribution in [-0.2, 0) is 9.53 Å². The predicted molar refractivity (Wildman–Crippen MR) is 95.3 cm³/mol. The normalized spacial score (nSPS) is 13.1. The SMILES string of the molecule is CC(C)COC(=O)COc1ccc(N2C(=O)c3ccccc3C2=O)cc1. The average molecular weight is 353 g/mol. The molecule has 0 unspecified atom stereocenters. The summed E-state index contributed by atoms with van der Waals surface area (Å²) in [6.45, 7) is 4.05. The largest absolute Gasteiger partial charge is 0.482 e. The van der Waals surface area contributed by atoms with Crippen molar-refractivity contribution in [3.8, 4) is 5.75 Å². The lowest BCUT2D eigenvalue weighted by Crippen LogP contribution is -2.29. The Balaban J connectivity index is 1.65. The van der Waals surface area contributed by atoms with Gasteiger partial charge in [0, 0.05) is 0 Å². The summed E-state index contributed by atoms with van der Waals surface area (Å²) in [4.78, 5) is 37.6. The molecule has 0 saturated heterocycles. The van der Waals surface area contributed by atoms with E-state index in [-0.39, 0.29) is 24.3 Å². The van der Waals surface area contributed by atoms with Gasteiger partial charge >= 0.3 is 5.97 Å². The van der Waals surface area contributed by atoms with Crippen LogP contribution in [-0.4, -0.2) is 31.0 Å². The van der Waals surface area contributed by atoms with Gasteiger partial charge in [0.15, 0.2) is 6.61 Å². The number of esters is 1. The highest BCUT2D eigenvalue weighted by Crippen LogP contribution is 2.29. The zero-order chi connectivity index (χ0) is 18.7. The van der Waals surface area contributed by atoms with Gasteiger partial charge in [-0.05, 0) is 42.3 Å². The molecule has 3 rings (SSSR count). The molecule has 0 aliphatic carbocycles. The van der Waals surface area contributed by atoms with Crippen molar-refractivity contribution in [3.05, 3.63) is 59.7 Å². The molecule has 6 heteroatoms. The van der Waals surface area contributed by atoms with E-state index in [1.807, 2.05) is 13.8 Å². The van der Waals surface area contributed by atoms with E-state index in [1.54, 1.807) is 48.5 Å². The Morgan fingerprint density at radius 2 is 1.54 bits per heavy atom. The van der Waals surface area contributed by atoms with Gasteiger partial charge in [0.2, 0.25) is 0 Å². The van der Waals surface area contributed by atoms with E-state index in [2.05, 4.69) is 0 Å². The number of hydrogen-bond donors (Lipinski definition) is 0. The first-order valence-corrected chi connectivity index (χ1v) is 8.33. The van der Waals surface area contributed by atoms with Crippen molar-refractivity contribution >= 4 is 23.5 Å². The highest BCUT2D eigenvalue weighted by atomic mass is 16.6. The fourth-order valence-corrected chi connectivity index (χ4v) is 2.56. The number of fused-ring (bicyclic) bond motifs is 1. The van der Waals surface area contributed by atoms with Crippen molar-refractivity contribution in [1.29, 1.82) is 0 Å². The van der Waals surface area contributed by atoms with E-state index in [1.165, 1.54) is 0 Å². The second-order valence-corrected chi connectivity index (χ2v) is 6.35. The van der Waals surface area contributed by atoms with E-state index >= 15 is 0 Å². The average Bonchev–Trinajstić information content (AvgIpc) is 2.90. The lowest BCUT2D eigenvalue weighted by molar-refractivity contribution is -0.147. The molecule has 2 aromatic carbocycles. The summed E-state index contributed by atoms with van der Waals surface area (Å²) in [5.74, 6) is -0.430. The van der Waals surface area contributed by atoms with Crippen LogP contribution in [0.2, 0.25) is 0 Å². The van der Waals surface area contributed by atoms with E-state index in [0.717, 1.165) is 4.90 Å².